The van der Waals surface area contributed by atoms with E-state index in [0.717, 1.165) is 11.3 Å². The molecule has 0 bridgehead atoms. The summed E-state index contributed by atoms with van der Waals surface area (Å²) in [7, 11) is -1.59. The molecule has 94 valence electrons. The van der Waals surface area contributed by atoms with Crippen molar-refractivity contribution in [2.75, 3.05) is 12.2 Å². The Kier molecular flexibility index (Phi) is 3.85. The second kappa shape index (κ2) is 5.38. The van der Waals surface area contributed by atoms with E-state index in [2.05, 4.69) is 5.09 Å². The summed E-state index contributed by atoms with van der Waals surface area (Å²) in [4.78, 5) is 0. The van der Waals surface area contributed by atoms with Gasteiger partial charge in [0.1, 0.15) is 0 Å². The first kappa shape index (κ1) is 12.9. The van der Waals surface area contributed by atoms with Gasteiger partial charge in [-0.1, -0.05) is 35.9 Å². The van der Waals surface area contributed by atoms with E-state index in [1.54, 1.807) is 12.1 Å². The second-order valence-electron chi connectivity index (χ2n) is 4.05. The Morgan fingerprint density at radius 1 is 1.00 bits per heavy atom. The lowest BCUT2D eigenvalue weighted by atomic mass is 10.2. The highest BCUT2D eigenvalue weighted by atomic mass is 31.2. The third kappa shape index (κ3) is 2.81. The van der Waals surface area contributed by atoms with E-state index in [-0.39, 0.29) is 0 Å². The standard InChI is InChI=1S/C14H16NO2P/c1-12-8-10-13(11-9-12)15-18(16,17-2)14-6-4-3-5-7-14/h3-11H,1-2H3,(H,15,16). The number of nitrogens with one attached hydrogen (secondary N) is 1. The molecule has 2 aromatic rings. The van der Waals surface area contributed by atoms with Crippen molar-refractivity contribution in [2.45, 2.75) is 6.92 Å². The van der Waals surface area contributed by atoms with Gasteiger partial charge in [-0.25, -0.2) is 0 Å². The number of hydrogen-bond donors (Lipinski definition) is 1. The van der Waals surface area contributed by atoms with Gasteiger partial charge in [0.15, 0.2) is 0 Å². The van der Waals surface area contributed by atoms with E-state index in [1.165, 1.54) is 7.11 Å². The van der Waals surface area contributed by atoms with Crippen molar-refractivity contribution >= 4 is 18.5 Å². The topological polar surface area (TPSA) is 38.3 Å². The number of hydrogen-bond acceptors (Lipinski definition) is 2. The predicted molar refractivity (Wildman–Crippen MR) is 75.5 cm³/mol. The summed E-state index contributed by atoms with van der Waals surface area (Å²) in [5.41, 5.74) is 1.95. The summed E-state index contributed by atoms with van der Waals surface area (Å²) in [6, 6.07) is 16.9. The molecule has 0 radical (unpaired) electrons. The molecule has 4 heteroatoms. The first-order chi connectivity index (χ1) is 8.64. The molecular weight excluding hydrogens is 245 g/mol. The summed E-state index contributed by atoms with van der Waals surface area (Å²) in [5.74, 6) is 0. The molecule has 0 aromatic heterocycles. The van der Waals surface area contributed by atoms with Gasteiger partial charge in [0.05, 0.1) is 5.30 Å². The van der Waals surface area contributed by atoms with Crippen LogP contribution in [0, 0.1) is 6.92 Å². The number of rotatable bonds is 4. The van der Waals surface area contributed by atoms with E-state index >= 15 is 0 Å². The molecule has 2 rings (SSSR count). The highest BCUT2D eigenvalue weighted by Crippen LogP contribution is 2.44. The van der Waals surface area contributed by atoms with Gasteiger partial charge in [0.25, 0.3) is 0 Å². The van der Waals surface area contributed by atoms with Crippen LogP contribution in [0.25, 0.3) is 0 Å². The minimum Gasteiger partial charge on any atom is -0.314 e. The normalized spacial score (nSPS) is 13.9. The summed E-state index contributed by atoms with van der Waals surface area (Å²) in [6.45, 7) is 2.01. The largest absolute Gasteiger partial charge is 0.323 e. The number of aryl methyl sites for hydroxylation is 1. The van der Waals surface area contributed by atoms with Crippen LogP contribution in [0.5, 0.6) is 0 Å². The van der Waals surface area contributed by atoms with Crippen LogP contribution in [0.4, 0.5) is 5.69 Å². The molecule has 0 aliphatic carbocycles. The van der Waals surface area contributed by atoms with Crippen molar-refractivity contribution in [3.63, 3.8) is 0 Å². The first-order valence-corrected chi connectivity index (χ1v) is 7.33. The first-order valence-electron chi connectivity index (χ1n) is 5.70. The monoisotopic (exact) mass is 261 g/mol. The van der Waals surface area contributed by atoms with Gasteiger partial charge in [-0.15, -0.1) is 0 Å². The quantitative estimate of drug-likeness (QED) is 0.855. The summed E-state index contributed by atoms with van der Waals surface area (Å²) in [6.07, 6.45) is 0. The fourth-order valence-corrected chi connectivity index (χ4v) is 3.12. The third-order valence-electron chi connectivity index (χ3n) is 2.68. The van der Waals surface area contributed by atoms with Crippen LogP contribution in [0.15, 0.2) is 54.6 Å². The smallest absolute Gasteiger partial charge is 0.314 e. The molecular formula is C14H16NO2P. The molecule has 1 atom stereocenters. The maximum Gasteiger partial charge on any atom is 0.323 e. The second-order valence-corrected chi connectivity index (χ2v) is 6.26. The van der Waals surface area contributed by atoms with Crippen LogP contribution in [0.1, 0.15) is 5.56 Å². The zero-order valence-electron chi connectivity index (χ0n) is 10.5. The zero-order valence-corrected chi connectivity index (χ0v) is 11.4. The molecule has 18 heavy (non-hydrogen) atoms. The molecule has 1 N–H and O–H groups in total. The van der Waals surface area contributed by atoms with E-state index in [0.29, 0.717) is 5.30 Å². The van der Waals surface area contributed by atoms with Gasteiger partial charge in [-0.05, 0) is 31.2 Å². The number of benzene rings is 2. The molecule has 0 fully saturated rings. The Morgan fingerprint density at radius 3 is 2.17 bits per heavy atom. The molecule has 0 saturated heterocycles. The van der Waals surface area contributed by atoms with Crippen LogP contribution in [0.3, 0.4) is 0 Å². The number of anilines is 1. The van der Waals surface area contributed by atoms with Crippen molar-refractivity contribution < 1.29 is 9.09 Å². The van der Waals surface area contributed by atoms with E-state index < -0.39 is 7.52 Å². The van der Waals surface area contributed by atoms with E-state index in [9.17, 15) is 4.57 Å². The lowest BCUT2D eigenvalue weighted by molar-refractivity contribution is 0.408. The summed E-state index contributed by atoms with van der Waals surface area (Å²) >= 11 is 0. The maximum atomic E-state index is 12.7. The molecule has 3 nitrogen and oxygen atoms in total. The summed E-state index contributed by atoms with van der Waals surface area (Å²) in [5, 5.41) is 3.64. The fourth-order valence-electron chi connectivity index (χ4n) is 1.64. The highest BCUT2D eigenvalue weighted by molar-refractivity contribution is 7.68. The van der Waals surface area contributed by atoms with Crippen LogP contribution >= 0.6 is 7.52 Å². The van der Waals surface area contributed by atoms with Crippen LogP contribution in [-0.4, -0.2) is 7.11 Å². The molecule has 0 spiro atoms. The molecule has 0 saturated carbocycles. The third-order valence-corrected chi connectivity index (χ3v) is 4.73. The van der Waals surface area contributed by atoms with Crippen molar-refractivity contribution in [3.8, 4) is 0 Å². The van der Waals surface area contributed by atoms with Crippen molar-refractivity contribution in [1.29, 1.82) is 0 Å². The fraction of sp³-hybridized carbons (Fsp3) is 0.143. The lowest BCUT2D eigenvalue weighted by Crippen LogP contribution is -2.12. The average molecular weight is 261 g/mol. The van der Waals surface area contributed by atoms with Crippen molar-refractivity contribution in [1.82, 2.24) is 0 Å². The van der Waals surface area contributed by atoms with Crippen molar-refractivity contribution in [3.05, 3.63) is 60.2 Å². The molecule has 0 aliphatic heterocycles. The van der Waals surface area contributed by atoms with Gasteiger partial charge in [0.2, 0.25) is 0 Å². The Labute approximate surface area is 107 Å². The van der Waals surface area contributed by atoms with Gasteiger partial charge in [-0.3, -0.25) is 4.57 Å². The Balaban J connectivity index is 2.29. The molecule has 1 unspecified atom stereocenters. The Morgan fingerprint density at radius 2 is 1.61 bits per heavy atom. The van der Waals surface area contributed by atoms with Gasteiger partial charge >= 0.3 is 7.52 Å². The SMILES string of the molecule is COP(=O)(Nc1ccc(C)cc1)c1ccccc1. The predicted octanol–water partition coefficient (Wildman–Crippen LogP) is 3.57. The minimum absolute atomic E-state index is 0.660. The van der Waals surface area contributed by atoms with E-state index in [1.807, 2.05) is 49.4 Å². The molecule has 0 aliphatic rings. The maximum absolute atomic E-state index is 12.7. The van der Waals surface area contributed by atoms with Gasteiger partial charge in [0, 0.05) is 12.8 Å². The van der Waals surface area contributed by atoms with Crippen LogP contribution < -0.4 is 10.4 Å². The Hall–Kier alpha value is -1.57. The van der Waals surface area contributed by atoms with Gasteiger partial charge < -0.3 is 9.61 Å². The molecule has 2 aromatic carbocycles. The zero-order chi connectivity index (χ0) is 13.0. The van der Waals surface area contributed by atoms with Crippen LogP contribution in [0.2, 0.25) is 0 Å². The van der Waals surface area contributed by atoms with Gasteiger partial charge in [-0.2, -0.15) is 0 Å². The Bertz CT molecular complexity index is 552. The van der Waals surface area contributed by atoms with Crippen LogP contribution in [-0.2, 0) is 9.09 Å². The van der Waals surface area contributed by atoms with Crippen molar-refractivity contribution in [2.24, 2.45) is 0 Å². The lowest BCUT2D eigenvalue weighted by Gasteiger charge is -2.18. The highest BCUT2D eigenvalue weighted by Gasteiger charge is 2.23. The molecule has 0 heterocycles. The minimum atomic E-state index is -3.04. The average Bonchev–Trinajstić information content (AvgIpc) is 2.42. The summed E-state index contributed by atoms with van der Waals surface area (Å²) < 4.78 is 17.9. The van der Waals surface area contributed by atoms with E-state index in [4.69, 9.17) is 4.52 Å². The molecule has 0 amide bonds.